The first-order chi connectivity index (χ1) is 13.7. The molecule has 3 rings (SSSR count). The van der Waals surface area contributed by atoms with Gasteiger partial charge in [-0.15, -0.1) is 0 Å². The highest BCUT2D eigenvalue weighted by molar-refractivity contribution is 5.59. The number of methoxy groups -OCH3 is 4. The van der Waals surface area contributed by atoms with Gasteiger partial charge in [0.05, 0.1) is 34.5 Å². The molecule has 0 aliphatic carbocycles. The summed E-state index contributed by atoms with van der Waals surface area (Å²) in [5, 5.41) is 3.48. The number of nitrogens with zero attached hydrogens (tertiary/aromatic N) is 1. The van der Waals surface area contributed by atoms with Crippen molar-refractivity contribution in [3.05, 3.63) is 47.5 Å². The summed E-state index contributed by atoms with van der Waals surface area (Å²) in [7, 11) is 6.66. The number of hydrogen-bond donors (Lipinski definition) is 1. The van der Waals surface area contributed by atoms with Crippen molar-refractivity contribution in [3.63, 3.8) is 0 Å². The van der Waals surface area contributed by atoms with Crippen LogP contribution in [0.15, 0.2) is 36.4 Å². The first-order valence-corrected chi connectivity index (χ1v) is 9.61. The Balaban J connectivity index is 2.19. The molecule has 1 aliphatic heterocycles. The molecule has 0 radical (unpaired) electrons. The van der Waals surface area contributed by atoms with Crippen molar-refractivity contribution in [1.29, 1.82) is 0 Å². The van der Waals surface area contributed by atoms with Crippen molar-refractivity contribution >= 4 is 0 Å². The molecule has 1 heterocycles. The van der Waals surface area contributed by atoms with Gasteiger partial charge in [-0.05, 0) is 31.2 Å². The SMILES string of the molecule is COc1ccccc1C(c1ccc(OC)c(OC)c1OC)N1CCCNCC1. The van der Waals surface area contributed by atoms with Gasteiger partial charge in [-0.25, -0.2) is 0 Å². The van der Waals surface area contributed by atoms with Crippen molar-refractivity contribution in [2.24, 2.45) is 0 Å². The molecule has 1 unspecified atom stereocenters. The Morgan fingerprint density at radius 2 is 1.50 bits per heavy atom. The van der Waals surface area contributed by atoms with Gasteiger partial charge in [-0.2, -0.15) is 0 Å². The number of ether oxygens (including phenoxy) is 4. The minimum absolute atomic E-state index is 0.0224. The number of rotatable bonds is 7. The van der Waals surface area contributed by atoms with Gasteiger partial charge in [-0.3, -0.25) is 4.90 Å². The molecular formula is C22H30N2O4. The van der Waals surface area contributed by atoms with E-state index in [-0.39, 0.29) is 6.04 Å². The Morgan fingerprint density at radius 3 is 2.21 bits per heavy atom. The van der Waals surface area contributed by atoms with Gasteiger partial charge in [0.15, 0.2) is 11.5 Å². The van der Waals surface area contributed by atoms with Gasteiger partial charge in [0.2, 0.25) is 5.75 Å². The zero-order valence-electron chi connectivity index (χ0n) is 17.2. The molecule has 0 saturated carbocycles. The highest BCUT2D eigenvalue weighted by atomic mass is 16.5. The summed E-state index contributed by atoms with van der Waals surface area (Å²) < 4.78 is 22.6. The van der Waals surface area contributed by atoms with Crippen LogP contribution in [0.25, 0.3) is 0 Å². The Hall–Kier alpha value is -2.44. The van der Waals surface area contributed by atoms with E-state index in [0.29, 0.717) is 17.2 Å². The Bertz CT molecular complexity index is 773. The lowest BCUT2D eigenvalue weighted by Crippen LogP contribution is -2.33. The van der Waals surface area contributed by atoms with Crippen LogP contribution in [0, 0.1) is 0 Å². The highest BCUT2D eigenvalue weighted by Crippen LogP contribution is 2.46. The van der Waals surface area contributed by atoms with E-state index in [2.05, 4.69) is 22.3 Å². The van der Waals surface area contributed by atoms with Crippen LogP contribution in [0.1, 0.15) is 23.6 Å². The summed E-state index contributed by atoms with van der Waals surface area (Å²) in [6.07, 6.45) is 1.08. The van der Waals surface area contributed by atoms with Crippen LogP contribution in [0.2, 0.25) is 0 Å². The molecule has 0 aromatic heterocycles. The highest BCUT2D eigenvalue weighted by Gasteiger charge is 2.30. The summed E-state index contributed by atoms with van der Waals surface area (Å²) >= 11 is 0. The van der Waals surface area contributed by atoms with Crippen LogP contribution in [-0.2, 0) is 0 Å². The molecule has 2 aromatic carbocycles. The molecule has 1 saturated heterocycles. The molecule has 0 amide bonds. The summed E-state index contributed by atoms with van der Waals surface area (Å²) in [5.41, 5.74) is 2.14. The molecular weight excluding hydrogens is 356 g/mol. The lowest BCUT2D eigenvalue weighted by atomic mass is 9.94. The lowest BCUT2D eigenvalue weighted by Gasteiger charge is -2.33. The molecule has 0 spiro atoms. The van der Waals surface area contributed by atoms with Crippen LogP contribution < -0.4 is 24.3 Å². The lowest BCUT2D eigenvalue weighted by molar-refractivity contribution is 0.229. The maximum absolute atomic E-state index is 5.82. The predicted molar refractivity (Wildman–Crippen MR) is 110 cm³/mol. The van der Waals surface area contributed by atoms with Gasteiger partial charge in [0.1, 0.15) is 5.75 Å². The molecule has 1 atom stereocenters. The van der Waals surface area contributed by atoms with Gasteiger partial charge < -0.3 is 24.3 Å². The summed E-state index contributed by atoms with van der Waals surface area (Å²) in [4.78, 5) is 2.47. The Morgan fingerprint density at radius 1 is 0.750 bits per heavy atom. The molecule has 152 valence electrons. The van der Waals surface area contributed by atoms with Crippen LogP contribution in [-0.4, -0.2) is 59.5 Å². The van der Waals surface area contributed by atoms with Crippen LogP contribution in [0.4, 0.5) is 0 Å². The minimum Gasteiger partial charge on any atom is -0.496 e. The summed E-state index contributed by atoms with van der Waals surface area (Å²) in [6, 6.07) is 12.2. The van der Waals surface area contributed by atoms with Gasteiger partial charge in [0, 0.05) is 30.8 Å². The third-order valence-corrected chi connectivity index (χ3v) is 5.20. The van der Waals surface area contributed by atoms with E-state index in [1.807, 2.05) is 24.3 Å². The molecule has 6 nitrogen and oxygen atoms in total. The summed E-state index contributed by atoms with van der Waals surface area (Å²) in [5.74, 6) is 2.81. The maximum Gasteiger partial charge on any atom is 0.203 e. The zero-order valence-corrected chi connectivity index (χ0v) is 17.2. The second kappa shape index (κ2) is 9.66. The number of nitrogens with one attached hydrogen (secondary N) is 1. The molecule has 1 N–H and O–H groups in total. The second-order valence-corrected chi connectivity index (χ2v) is 6.71. The zero-order chi connectivity index (χ0) is 19.9. The summed E-state index contributed by atoms with van der Waals surface area (Å²) in [6.45, 7) is 3.88. The maximum atomic E-state index is 5.82. The third-order valence-electron chi connectivity index (χ3n) is 5.20. The van der Waals surface area contributed by atoms with E-state index in [4.69, 9.17) is 18.9 Å². The topological polar surface area (TPSA) is 52.2 Å². The monoisotopic (exact) mass is 386 g/mol. The van der Waals surface area contributed by atoms with Crippen molar-refractivity contribution in [2.75, 3.05) is 54.6 Å². The molecule has 1 aliphatic rings. The molecule has 6 heteroatoms. The van der Waals surface area contributed by atoms with E-state index in [9.17, 15) is 0 Å². The van der Waals surface area contributed by atoms with E-state index in [0.717, 1.165) is 49.5 Å². The number of hydrogen-bond acceptors (Lipinski definition) is 6. The van der Waals surface area contributed by atoms with Crippen LogP contribution >= 0.6 is 0 Å². The van der Waals surface area contributed by atoms with E-state index in [1.54, 1.807) is 28.4 Å². The first-order valence-electron chi connectivity index (χ1n) is 9.61. The van der Waals surface area contributed by atoms with Crippen molar-refractivity contribution < 1.29 is 18.9 Å². The van der Waals surface area contributed by atoms with E-state index < -0.39 is 0 Å². The van der Waals surface area contributed by atoms with E-state index in [1.165, 1.54) is 0 Å². The normalized spacial score (nSPS) is 16.1. The fraction of sp³-hybridized carbons (Fsp3) is 0.455. The largest absolute Gasteiger partial charge is 0.496 e. The second-order valence-electron chi connectivity index (χ2n) is 6.71. The molecule has 1 fully saturated rings. The third kappa shape index (κ3) is 4.03. The average Bonchev–Trinajstić information content (AvgIpc) is 3.03. The quantitative estimate of drug-likeness (QED) is 0.789. The van der Waals surface area contributed by atoms with Crippen LogP contribution in [0.5, 0.6) is 23.0 Å². The van der Waals surface area contributed by atoms with Crippen molar-refractivity contribution in [2.45, 2.75) is 12.5 Å². The minimum atomic E-state index is -0.0224. The van der Waals surface area contributed by atoms with Gasteiger partial charge in [-0.1, -0.05) is 18.2 Å². The van der Waals surface area contributed by atoms with Crippen molar-refractivity contribution in [1.82, 2.24) is 10.2 Å². The molecule has 28 heavy (non-hydrogen) atoms. The fourth-order valence-corrected chi connectivity index (χ4v) is 3.92. The van der Waals surface area contributed by atoms with Gasteiger partial charge in [0.25, 0.3) is 0 Å². The predicted octanol–water partition coefficient (Wildman–Crippen LogP) is 3.11. The smallest absolute Gasteiger partial charge is 0.203 e. The molecule has 2 aromatic rings. The van der Waals surface area contributed by atoms with Gasteiger partial charge >= 0.3 is 0 Å². The Kier molecular flexibility index (Phi) is 7.01. The number of benzene rings is 2. The Labute approximate surface area is 167 Å². The fourth-order valence-electron chi connectivity index (χ4n) is 3.92. The van der Waals surface area contributed by atoms with Crippen LogP contribution in [0.3, 0.4) is 0 Å². The average molecular weight is 386 g/mol. The first kappa shape index (κ1) is 20.3. The standard InChI is InChI=1S/C22H30N2O4/c1-25-18-9-6-5-8-16(18)20(24-14-7-12-23-13-15-24)17-10-11-19(26-2)22(28-4)21(17)27-3/h5-6,8-11,20,23H,7,12-15H2,1-4H3. The molecule has 0 bridgehead atoms. The van der Waals surface area contributed by atoms with Crippen molar-refractivity contribution in [3.8, 4) is 23.0 Å². The number of para-hydroxylation sites is 1. The van der Waals surface area contributed by atoms with E-state index >= 15 is 0 Å².